The second-order valence-corrected chi connectivity index (χ2v) is 6.61. The van der Waals surface area contributed by atoms with Crippen LogP contribution in [0.4, 0.5) is 10.1 Å². The summed E-state index contributed by atoms with van der Waals surface area (Å²) in [6, 6.07) is 13.9. The second-order valence-electron chi connectivity index (χ2n) is 6.61. The molecule has 2 aromatic carbocycles. The summed E-state index contributed by atoms with van der Waals surface area (Å²) in [5.74, 6) is -0.0323. The first-order valence-corrected chi connectivity index (χ1v) is 9.12. The Morgan fingerprint density at radius 3 is 2.60 bits per heavy atom. The number of ether oxygens (including phenoxy) is 1. The topological polar surface area (TPSA) is 92.6 Å². The molecule has 8 nitrogen and oxygen atoms in total. The normalized spacial score (nSPS) is 10.9. The number of amides is 1. The molecule has 4 aromatic rings. The number of fused-ring (bicyclic) bond motifs is 1. The van der Waals surface area contributed by atoms with Gasteiger partial charge in [0.05, 0.1) is 19.2 Å². The van der Waals surface area contributed by atoms with Crippen LogP contribution in [-0.4, -0.2) is 32.6 Å². The van der Waals surface area contributed by atoms with Crippen molar-refractivity contribution in [1.29, 1.82) is 0 Å². The SMILES string of the molecule is COc1ccc(N(Cc2nc3nc(C)cc(=O)n3[nH]2)C(=O)c2ccccc2F)cc1. The van der Waals surface area contributed by atoms with Crippen LogP contribution in [0, 0.1) is 12.7 Å². The molecule has 2 aromatic heterocycles. The van der Waals surface area contributed by atoms with E-state index in [1.54, 1.807) is 44.4 Å². The number of halogens is 1. The van der Waals surface area contributed by atoms with Crippen molar-refractivity contribution in [1.82, 2.24) is 19.6 Å². The zero-order valence-electron chi connectivity index (χ0n) is 16.3. The molecule has 0 atom stereocenters. The van der Waals surface area contributed by atoms with Crippen molar-refractivity contribution in [2.45, 2.75) is 13.5 Å². The third kappa shape index (κ3) is 3.64. The van der Waals surface area contributed by atoms with E-state index in [2.05, 4.69) is 15.1 Å². The smallest absolute Gasteiger partial charge is 0.274 e. The summed E-state index contributed by atoms with van der Waals surface area (Å²) in [5, 5.41) is 2.85. The molecule has 4 rings (SSSR count). The number of aromatic amines is 1. The Labute approximate surface area is 170 Å². The van der Waals surface area contributed by atoms with Gasteiger partial charge in [0.1, 0.15) is 17.4 Å². The van der Waals surface area contributed by atoms with E-state index in [1.807, 2.05) is 0 Å². The number of nitrogens with zero attached hydrogens (tertiary/aromatic N) is 4. The number of carbonyl (C=O) groups is 1. The van der Waals surface area contributed by atoms with Gasteiger partial charge in [-0.05, 0) is 43.3 Å². The van der Waals surface area contributed by atoms with Gasteiger partial charge in [-0.25, -0.2) is 9.37 Å². The number of hydrogen-bond acceptors (Lipinski definition) is 5. The number of hydrogen-bond donors (Lipinski definition) is 1. The van der Waals surface area contributed by atoms with Crippen molar-refractivity contribution in [3.8, 4) is 5.75 Å². The Balaban J connectivity index is 1.77. The minimum Gasteiger partial charge on any atom is -0.497 e. The van der Waals surface area contributed by atoms with Gasteiger partial charge in [-0.1, -0.05) is 12.1 Å². The lowest BCUT2D eigenvalue weighted by molar-refractivity contribution is 0.0980. The number of methoxy groups -OCH3 is 1. The van der Waals surface area contributed by atoms with Crippen molar-refractivity contribution >= 4 is 17.4 Å². The van der Waals surface area contributed by atoms with Crippen LogP contribution in [-0.2, 0) is 6.54 Å². The van der Waals surface area contributed by atoms with Crippen LogP contribution in [0.3, 0.4) is 0 Å². The van der Waals surface area contributed by atoms with Gasteiger partial charge in [0.25, 0.3) is 17.2 Å². The maximum Gasteiger partial charge on any atom is 0.274 e. The molecular formula is C21H18FN5O3. The number of H-pyrrole nitrogens is 1. The summed E-state index contributed by atoms with van der Waals surface area (Å²) in [6.07, 6.45) is 0. The molecule has 1 amide bonds. The molecule has 0 unspecified atom stereocenters. The maximum absolute atomic E-state index is 14.3. The Bertz CT molecular complexity index is 1280. The molecule has 9 heteroatoms. The van der Waals surface area contributed by atoms with Crippen molar-refractivity contribution in [2.75, 3.05) is 12.0 Å². The fraction of sp³-hybridized carbons (Fsp3) is 0.143. The molecular weight excluding hydrogens is 389 g/mol. The monoisotopic (exact) mass is 407 g/mol. The third-order valence-corrected chi connectivity index (χ3v) is 4.55. The first-order chi connectivity index (χ1) is 14.5. The molecule has 0 aliphatic heterocycles. The maximum atomic E-state index is 14.3. The van der Waals surface area contributed by atoms with E-state index in [0.717, 1.165) is 0 Å². The van der Waals surface area contributed by atoms with Gasteiger partial charge in [-0.15, -0.1) is 0 Å². The molecule has 0 saturated heterocycles. The van der Waals surface area contributed by atoms with Crippen LogP contribution in [0.5, 0.6) is 5.75 Å². The predicted molar refractivity (Wildman–Crippen MR) is 108 cm³/mol. The fourth-order valence-corrected chi connectivity index (χ4v) is 3.08. The highest BCUT2D eigenvalue weighted by Gasteiger charge is 2.23. The molecule has 1 N–H and O–H groups in total. The zero-order valence-corrected chi connectivity index (χ0v) is 16.3. The number of rotatable bonds is 5. The number of aryl methyl sites for hydroxylation is 1. The summed E-state index contributed by atoms with van der Waals surface area (Å²) >= 11 is 0. The Hall–Kier alpha value is -4.01. The molecule has 0 aliphatic rings. The summed E-state index contributed by atoms with van der Waals surface area (Å²) in [7, 11) is 1.54. The predicted octanol–water partition coefficient (Wildman–Crippen LogP) is 2.72. The molecule has 2 heterocycles. The standard InChI is InChI=1S/C21H18FN5O3/c1-13-11-19(28)27-21(23-13)24-18(25-27)12-26(14-7-9-15(30-2)10-8-14)20(29)16-5-3-4-6-17(16)22/h3-11H,12H2,1-2H3,(H,23,24,25). The molecule has 0 bridgehead atoms. The Morgan fingerprint density at radius 1 is 1.17 bits per heavy atom. The first-order valence-electron chi connectivity index (χ1n) is 9.12. The van der Waals surface area contributed by atoms with Gasteiger partial charge in [-0.2, -0.15) is 9.50 Å². The average molecular weight is 407 g/mol. The Morgan fingerprint density at radius 2 is 1.90 bits per heavy atom. The van der Waals surface area contributed by atoms with Crippen molar-refractivity contribution in [3.63, 3.8) is 0 Å². The molecule has 0 fully saturated rings. The lowest BCUT2D eigenvalue weighted by atomic mass is 10.1. The lowest BCUT2D eigenvalue weighted by Crippen LogP contribution is -2.31. The quantitative estimate of drug-likeness (QED) is 0.549. The molecule has 30 heavy (non-hydrogen) atoms. The summed E-state index contributed by atoms with van der Waals surface area (Å²) in [6.45, 7) is 1.67. The number of anilines is 1. The highest BCUT2D eigenvalue weighted by atomic mass is 19.1. The van der Waals surface area contributed by atoms with E-state index in [1.165, 1.54) is 33.7 Å². The Kier molecular flexibility index (Phi) is 5.01. The van der Waals surface area contributed by atoms with E-state index < -0.39 is 11.7 Å². The van der Waals surface area contributed by atoms with Crippen LogP contribution in [0.25, 0.3) is 5.78 Å². The lowest BCUT2D eigenvalue weighted by Gasteiger charge is -2.22. The summed E-state index contributed by atoms with van der Waals surface area (Å²) < 4.78 is 20.7. The minimum atomic E-state index is -0.626. The minimum absolute atomic E-state index is 0.0264. The molecule has 0 saturated carbocycles. The number of nitrogens with one attached hydrogen (secondary N) is 1. The fourth-order valence-electron chi connectivity index (χ4n) is 3.08. The third-order valence-electron chi connectivity index (χ3n) is 4.55. The van der Waals surface area contributed by atoms with Crippen LogP contribution in [0.15, 0.2) is 59.4 Å². The molecule has 0 radical (unpaired) electrons. The molecule has 0 spiro atoms. The van der Waals surface area contributed by atoms with Crippen LogP contribution in [0.1, 0.15) is 21.9 Å². The van der Waals surface area contributed by atoms with E-state index in [4.69, 9.17) is 4.74 Å². The second kappa shape index (κ2) is 7.78. The number of carbonyl (C=O) groups excluding carboxylic acids is 1. The summed E-state index contributed by atoms with van der Waals surface area (Å²) in [4.78, 5) is 35.2. The largest absolute Gasteiger partial charge is 0.497 e. The average Bonchev–Trinajstić information content (AvgIpc) is 3.15. The van der Waals surface area contributed by atoms with Crippen LogP contribution >= 0.6 is 0 Å². The van der Waals surface area contributed by atoms with Gasteiger partial charge in [-0.3, -0.25) is 14.7 Å². The van der Waals surface area contributed by atoms with Crippen molar-refractivity contribution in [3.05, 3.63) is 87.9 Å². The number of benzene rings is 2. The van der Waals surface area contributed by atoms with Crippen LogP contribution in [0.2, 0.25) is 0 Å². The van der Waals surface area contributed by atoms with Gasteiger partial charge in [0, 0.05) is 17.4 Å². The van der Waals surface area contributed by atoms with Crippen molar-refractivity contribution in [2.24, 2.45) is 0 Å². The first kappa shape index (κ1) is 19.3. The van der Waals surface area contributed by atoms with Crippen LogP contribution < -0.4 is 15.2 Å². The molecule has 0 aliphatic carbocycles. The highest BCUT2D eigenvalue weighted by Crippen LogP contribution is 2.23. The zero-order chi connectivity index (χ0) is 21.3. The van der Waals surface area contributed by atoms with Gasteiger partial charge >= 0.3 is 0 Å². The van der Waals surface area contributed by atoms with Gasteiger partial charge < -0.3 is 9.64 Å². The summed E-state index contributed by atoms with van der Waals surface area (Å²) in [5.41, 5.74) is 0.664. The van der Waals surface area contributed by atoms with E-state index in [0.29, 0.717) is 23.0 Å². The number of aromatic nitrogens is 4. The van der Waals surface area contributed by atoms with Gasteiger partial charge in [0.2, 0.25) is 0 Å². The molecule has 152 valence electrons. The van der Waals surface area contributed by atoms with Gasteiger partial charge in [0.15, 0.2) is 0 Å². The highest BCUT2D eigenvalue weighted by molar-refractivity contribution is 6.06. The van der Waals surface area contributed by atoms with E-state index in [9.17, 15) is 14.0 Å². The van der Waals surface area contributed by atoms with E-state index in [-0.39, 0.29) is 23.4 Å². The van der Waals surface area contributed by atoms with E-state index >= 15 is 0 Å². The van der Waals surface area contributed by atoms with Crippen molar-refractivity contribution < 1.29 is 13.9 Å².